The molecule has 0 unspecified atom stereocenters. The molecular formula is C18H15N3OS2. The standard InChI is InChI=1S/C18H15N3OS2/c22-17(19-9-7-13-5-4-12-23-13)16-15(21-10-1-2-11-21)14-6-3-8-20-18(14)24-16/h1-6,8,10-12H,7,9H2,(H,19,22). The van der Waals surface area contributed by atoms with Gasteiger partial charge >= 0.3 is 0 Å². The number of thiophene rings is 2. The predicted octanol–water partition coefficient (Wildman–Crippen LogP) is 4.12. The monoisotopic (exact) mass is 353 g/mol. The van der Waals surface area contributed by atoms with Gasteiger partial charge in [-0.1, -0.05) is 6.07 Å². The van der Waals surface area contributed by atoms with Crippen LogP contribution in [-0.2, 0) is 6.42 Å². The Hall–Kier alpha value is -2.44. The number of rotatable bonds is 5. The molecular weight excluding hydrogens is 338 g/mol. The Labute approximate surface area is 147 Å². The molecule has 0 aliphatic carbocycles. The van der Waals surface area contributed by atoms with Crippen molar-refractivity contribution in [2.24, 2.45) is 0 Å². The zero-order valence-corrected chi connectivity index (χ0v) is 14.4. The van der Waals surface area contributed by atoms with Crippen LogP contribution in [0.15, 0.2) is 60.4 Å². The molecule has 0 saturated carbocycles. The summed E-state index contributed by atoms with van der Waals surface area (Å²) in [5, 5.41) is 6.09. The zero-order chi connectivity index (χ0) is 16.4. The maximum Gasteiger partial charge on any atom is 0.263 e. The normalized spacial score (nSPS) is 11.0. The third-order valence-electron chi connectivity index (χ3n) is 3.75. The molecule has 120 valence electrons. The maximum atomic E-state index is 12.7. The van der Waals surface area contributed by atoms with Gasteiger partial charge in [0.1, 0.15) is 9.71 Å². The fourth-order valence-corrected chi connectivity index (χ4v) is 4.42. The van der Waals surface area contributed by atoms with Crippen LogP contribution in [-0.4, -0.2) is 22.0 Å². The molecule has 0 fully saturated rings. The van der Waals surface area contributed by atoms with E-state index in [1.807, 2.05) is 47.3 Å². The minimum Gasteiger partial charge on any atom is -0.351 e. The molecule has 0 radical (unpaired) electrons. The van der Waals surface area contributed by atoms with Gasteiger partial charge in [-0.3, -0.25) is 4.79 Å². The summed E-state index contributed by atoms with van der Waals surface area (Å²) in [6, 6.07) is 11.9. The van der Waals surface area contributed by atoms with Gasteiger partial charge in [-0.05, 0) is 42.1 Å². The molecule has 4 aromatic rings. The van der Waals surface area contributed by atoms with Gasteiger partial charge in [0.15, 0.2) is 0 Å². The van der Waals surface area contributed by atoms with Crippen molar-refractivity contribution in [2.45, 2.75) is 6.42 Å². The minimum atomic E-state index is -0.0433. The molecule has 6 heteroatoms. The molecule has 1 N–H and O–H groups in total. The average molecular weight is 353 g/mol. The summed E-state index contributed by atoms with van der Waals surface area (Å²) in [6.07, 6.45) is 6.52. The Morgan fingerprint density at radius 1 is 1.17 bits per heavy atom. The lowest BCUT2D eigenvalue weighted by Crippen LogP contribution is -2.25. The van der Waals surface area contributed by atoms with Gasteiger partial charge in [0, 0.05) is 35.4 Å². The fraction of sp³-hybridized carbons (Fsp3) is 0.111. The number of aromatic nitrogens is 2. The van der Waals surface area contributed by atoms with Crippen LogP contribution in [0.1, 0.15) is 14.5 Å². The van der Waals surface area contributed by atoms with E-state index in [1.165, 1.54) is 16.2 Å². The fourth-order valence-electron chi connectivity index (χ4n) is 2.65. The molecule has 0 aliphatic rings. The number of nitrogens with one attached hydrogen (secondary N) is 1. The summed E-state index contributed by atoms with van der Waals surface area (Å²) < 4.78 is 1.98. The van der Waals surface area contributed by atoms with E-state index in [0.29, 0.717) is 11.4 Å². The number of carbonyl (C=O) groups excluding carboxylic acids is 1. The van der Waals surface area contributed by atoms with Crippen LogP contribution in [0, 0.1) is 0 Å². The van der Waals surface area contributed by atoms with E-state index in [9.17, 15) is 4.79 Å². The van der Waals surface area contributed by atoms with Crippen molar-refractivity contribution in [3.05, 3.63) is 70.1 Å². The lowest BCUT2D eigenvalue weighted by Gasteiger charge is -2.07. The highest BCUT2D eigenvalue weighted by Gasteiger charge is 2.19. The molecule has 0 spiro atoms. The van der Waals surface area contributed by atoms with E-state index in [2.05, 4.69) is 21.7 Å². The molecule has 1 amide bonds. The van der Waals surface area contributed by atoms with Crippen LogP contribution in [0.25, 0.3) is 15.9 Å². The van der Waals surface area contributed by atoms with Gasteiger partial charge in [0.05, 0.1) is 5.69 Å². The second-order valence-electron chi connectivity index (χ2n) is 5.31. The Balaban J connectivity index is 1.63. The second-order valence-corrected chi connectivity index (χ2v) is 7.34. The van der Waals surface area contributed by atoms with Crippen LogP contribution in [0.4, 0.5) is 0 Å². The molecule has 4 heterocycles. The van der Waals surface area contributed by atoms with Crippen molar-refractivity contribution in [1.29, 1.82) is 0 Å². The lowest BCUT2D eigenvalue weighted by molar-refractivity contribution is 0.0958. The predicted molar refractivity (Wildman–Crippen MR) is 99.3 cm³/mol. The largest absolute Gasteiger partial charge is 0.351 e. The summed E-state index contributed by atoms with van der Waals surface area (Å²) in [6.45, 7) is 0.631. The molecule has 4 rings (SSSR count). The van der Waals surface area contributed by atoms with E-state index in [1.54, 1.807) is 17.5 Å². The van der Waals surface area contributed by atoms with Crippen molar-refractivity contribution in [3.8, 4) is 5.69 Å². The zero-order valence-electron chi connectivity index (χ0n) is 12.8. The lowest BCUT2D eigenvalue weighted by atomic mass is 10.2. The number of pyridine rings is 1. The third kappa shape index (κ3) is 2.86. The summed E-state index contributed by atoms with van der Waals surface area (Å²) in [5.41, 5.74) is 0.904. The Morgan fingerprint density at radius 2 is 2.04 bits per heavy atom. The highest BCUT2D eigenvalue weighted by Crippen LogP contribution is 2.32. The summed E-state index contributed by atoms with van der Waals surface area (Å²) in [7, 11) is 0. The van der Waals surface area contributed by atoms with Gasteiger partial charge in [-0.15, -0.1) is 22.7 Å². The number of hydrogen-bond donors (Lipinski definition) is 1. The summed E-state index contributed by atoms with van der Waals surface area (Å²) in [4.78, 5) is 20.0. The van der Waals surface area contributed by atoms with Crippen molar-refractivity contribution in [2.75, 3.05) is 6.54 Å². The van der Waals surface area contributed by atoms with Gasteiger partial charge in [0.25, 0.3) is 5.91 Å². The van der Waals surface area contributed by atoms with E-state index in [0.717, 1.165) is 22.3 Å². The second kappa shape index (κ2) is 6.59. The van der Waals surface area contributed by atoms with E-state index in [-0.39, 0.29) is 5.91 Å². The van der Waals surface area contributed by atoms with Gasteiger partial charge in [-0.2, -0.15) is 0 Å². The Kier molecular flexibility index (Phi) is 4.15. The molecule has 24 heavy (non-hydrogen) atoms. The van der Waals surface area contributed by atoms with Crippen molar-refractivity contribution in [1.82, 2.24) is 14.9 Å². The van der Waals surface area contributed by atoms with E-state index in [4.69, 9.17) is 0 Å². The Morgan fingerprint density at radius 3 is 2.83 bits per heavy atom. The molecule has 4 aromatic heterocycles. The molecule has 0 saturated heterocycles. The summed E-state index contributed by atoms with van der Waals surface area (Å²) in [5.74, 6) is -0.0433. The molecule has 0 aromatic carbocycles. The highest BCUT2D eigenvalue weighted by molar-refractivity contribution is 7.21. The van der Waals surface area contributed by atoms with Gasteiger partial charge < -0.3 is 9.88 Å². The van der Waals surface area contributed by atoms with Crippen molar-refractivity contribution >= 4 is 38.8 Å². The first-order valence-corrected chi connectivity index (χ1v) is 9.34. The number of fused-ring (bicyclic) bond motifs is 1. The number of carbonyl (C=O) groups is 1. The third-order valence-corrected chi connectivity index (χ3v) is 5.78. The first-order valence-electron chi connectivity index (χ1n) is 7.64. The van der Waals surface area contributed by atoms with Crippen molar-refractivity contribution < 1.29 is 4.79 Å². The number of amides is 1. The first-order chi connectivity index (χ1) is 11.8. The van der Waals surface area contributed by atoms with E-state index >= 15 is 0 Å². The SMILES string of the molecule is O=C(NCCc1cccs1)c1sc2ncccc2c1-n1cccc1. The van der Waals surface area contributed by atoms with Crippen LogP contribution < -0.4 is 5.32 Å². The maximum absolute atomic E-state index is 12.7. The number of nitrogens with zero attached hydrogens (tertiary/aromatic N) is 2. The molecule has 0 atom stereocenters. The van der Waals surface area contributed by atoms with Gasteiger partial charge in [-0.25, -0.2) is 4.98 Å². The first kappa shape index (κ1) is 15.1. The average Bonchev–Trinajstić information content (AvgIpc) is 3.34. The quantitative estimate of drug-likeness (QED) is 0.587. The van der Waals surface area contributed by atoms with Crippen LogP contribution in [0.3, 0.4) is 0 Å². The Bertz CT molecular complexity index is 956. The summed E-state index contributed by atoms with van der Waals surface area (Å²) >= 11 is 3.15. The van der Waals surface area contributed by atoms with Gasteiger partial charge in [0.2, 0.25) is 0 Å². The topological polar surface area (TPSA) is 46.9 Å². The van der Waals surface area contributed by atoms with Crippen molar-refractivity contribution in [3.63, 3.8) is 0 Å². The van der Waals surface area contributed by atoms with E-state index < -0.39 is 0 Å². The number of hydrogen-bond acceptors (Lipinski definition) is 4. The van der Waals surface area contributed by atoms with Crippen LogP contribution >= 0.6 is 22.7 Å². The molecule has 0 aliphatic heterocycles. The smallest absolute Gasteiger partial charge is 0.263 e. The van der Waals surface area contributed by atoms with Crippen LogP contribution in [0.5, 0.6) is 0 Å². The highest BCUT2D eigenvalue weighted by atomic mass is 32.1. The molecule has 0 bridgehead atoms. The molecule has 4 nitrogen and oxygen atoms in total. The van der Waals surface area contributed by atoms with Crippen LogP contribution in [0.2, 0.25) is 0 Å². The minimum absolute atomic E-state index is 0.0433.